The van der Waals surface area contributed by atoms with Crippen molar-refractivity contribution in [2.45, 2.75) is 5.51 Å². The molecule has 0 aromatic rings. The maximum absolute atomic E-state index is 10.8. The molecule has 0 aromatic carbocycles. The van der Waals surface area contributed by atoms with E-state index >= 15 is 0 Å². The van der Waals surface area contributed by atoms with Crippen molar-refractivity contribution in [3.8, 4) is 0 Å². The molecule has 0 aliphatic carbocycles. The summed E-state index contributed by atoms with van der Waals surface area (Å²) in [6.45, 7) is 0. The van der Waals surface area contributed by atoms with Gasteiger partial charge in [0.05, 0.1) is 0 Å². The Balaban J connectivity index is -0.000000245. The molecule has 0 fully saturated rings. The Kier molecular flexibility index (Phi) is 8.10. The maximum atomic E-state index is 10.8. The van der Waals surface area contributed by atoms with Crippen LogP contribution in [0.25, 0.3) is 0 Å². The summed E-state index contributed by atoms with van der Waals surface area (Å²) >= 11 is 0. The molecule has 0 N–H and O–H groups in total. The normalized spacial score (nSPS) is 11.2. The summed E-state index contributed by atoms with van der Waals surface area (Å²) < 4.78 is 51.1. The van der Waals surface area contributed by atoms with Crippen molar-refractivity contribution in [3.63, 3.8) is 0 Å². The number of halogens is 5. The van der Waals surface area contributed by atoms with Gasteiger partial charge in [0, 0.05) is 10.7 Å². The van der Waals surface area contributed by atoms with Crippen LogP contribution in [0.3, 0.4) is 0 Å². The van der Waals surface area contributed by atoms with E-state index in [0.717, 1.165) is 0 Å². The van der Waals surface area contributed by atoms with E-state index in [1.54, 1.807) is 0 Å². The van der Waals surface area contributed by atoms with Gasteiger partial charge in [0.2, 0.25) is 0 Å². The quantitative estimate of drug-likeness (QED) is 0.297. The van der Waals surface area contributed by atoms with Crippen LogP contribution in [-0.2, 0) is 9.05 Å². The van der Waals surface area contributed by atoms with Gasteiger partial charge in [-0.15, -0.1) is 0 Å². The van der Waals surface area contributed by atoms with Crippen LogP contribution >= 0.6 is 10.7 Å². The number of hydrogen-bond acceptors (Lipinski definition) is 2. The molecule has 0 amide bonds. The van der Waals surface area contributed by atoms with Gasteiger partial charge in [-0.05, 0) is 0 Å². The van der Waals surface area contributed by atoms with Crippen molar-refractivity contribution in [2.24, 2.45) is 0 Å². The minimum Gasteiger partial charge on any atom is -1.00 e. The second kappa shape index (κ2) is 4.73. The van der Waals surface area contributed by atoms with Crippen molar-refractivity contribution < 1.29 is 52.9 Å². The molecule has 0 unspecified atom stereocenters. The molecule has 0 bridgehead atoms. The van der Waals surface area contributed by atoms with Gasteiger partial charge in [-0.1, -0.05) is 0 Å². The van der Waals surface area contributed by atoms with E-state index < -0.39 is 14.6 Å². The minimum absolute atomic E-state index is 0. The Morgan fingerprint density at radius 3 is 1.30 bits per heavy atom. The fourth-order valence-electron chi connectivity index (χ4n) is 0. The smallest absolute Gasteiger partial charge is 1.00 e. The van der Waals surface area contributed by atoms with Gasteiger partial charge in [-0.3, -0.25) is 0 Å². The predicted molar refractivity (Wildman–Crippen MR) is 20.8 cm³/mol. The van der Waals surface area contributed by atoms with Crippen LogP contribution in [0.4, 0.5) is 13.2 Å². The van der Waals surface area contributed by atoms with Crippen molar-refractivity contribution >= 4 is 19.7 Å². The van der Waals surface area contributed by atoms with Crippen LogP contribution in [0.5, 0.6) is 0 Å². The summed E-state index contributed by atoms with van der Waals surface area (Å²) in [7, 11) is -1.51. The maximum Gasteiger partial charge on any atom is 1.00 e. The molecule has 0 saturated heterocycles. The van der Waals surface area contributed by atoms with Gasteiger partial charge in [-0.25, -0.2) is 8.42 Å². The molecule has 0 saturated carbocycles. The van der Waals surface area contributed by atoms with E-state index in [1.807, 2.05) is 0 Å². The van der Waals surface area contributed by atoms with Crippen LogP contribution in [0.15, 0.2) is 0 Å². The second-order valence-electron chi connectivity index (χ2n) is 0.884. The number of hydrogen-bond donors (Lipinski definition) is 0. The minimum atomic E-state index is -5.37. The van der Waals surface area contributed by atoms with Gasteiger partial charge in [0.25, 0.3) is 0 Å². The van der Waals surface area contributed by atoms with Crippen molar-refractivity contribution in [3.05, 3.63) is 0 Å². The van der Waals surface area contributed by atoms with E-state index in [9.17, 15) is 21.6 Å². The average molecular weight is 211 g/mol. The molecule has 0 atom stereocenters. The van der Waals surface area contributed by atoms with Gasteiger partial charge in [0.15, 0.2) is 0 Å². The van der Waals surface area contributed by atoms with Crippen LogP contribution in [0.2, 0.25) is 0 Å². The fraction of sp³-hybridized carbons (Fsp3) is 1.00. The standard InChI is InChI=1S/CClF3O2S.ClH.Li/c2-8(6,7)1(3,4)5;;/h;1H;/q;;+1/p-1. The topological polar surface area (TPSA) is 34.1 Å². The summed E-state index contributed by atoms with van der Waals surface area (Å²) in [5.74, 6) is 0. The molecule has 0 aromatic heterocycles. The fourth-order valence-corrected chi connectivity index (χ4v) is 0. The molecule has 0 radical (unpaired) electrons. The summed E-state index contributed by atoms with van der Waals surface area (Å²) in [4.78, 5) is 0. The summed E-state index contributed by atoms with van der Waals surface area (Å²) in [6.07, 6.45) is 0. The van der Waals surface area contributed by atoms with E-state index in [0.29, 0.717) is 0 Å². The van der Waals surface area contributed by atoms with Gasteiger partial charge in [0.1, 0.15) is 0 Å². The summed E-state index contributed by atoms with van der Waals surface area (Å²) in [5.41, 5.74) is -5.32. The third-order valence-electron chi connectivity index (χ3n) is 0.276. The molecule has 58 valence electrons. The Morgan fingerprint density at radius 2 is 1.30 bits per heavy atom. The summed E-state index contributed by atoms with van der Waals surface area (Å²) in [5, 5.41) is 0. The van der Waals surface area contributed by atoms with Gasteiger partial charge >= 0.3 is 33.4 Å². The first-order valence-electron chi connectivity index (χ1n) is 1.26. The van der Waals surface area contributed by atoms with Crippen LogP contribution in [-0.4, -0.2) is 13.9 Å². The second-order valence-corrected chi connectivity index (χ2v) is 3.44. The third kappa shape index (κ3) is 5.68. The van der Waals surface area contributed by atoms with Crippen molar-refractivity contribution in [1.29, 1.82) is 0 Å². The molecule has 10 heavy (non-hydrogen) atoms. The molecule has 2 nitrogen and oxygen atoms in total. The van der Waals surface area contributed by atoms with Gasteiger partial charge < -0.3 is 12.4 Å². The largest absolute Gasteiger partial charge is 1.00 e. The molecule has 0 heterocycles. The molecule has 0 aliphatic rings. The Labute approximate surface area is 78.1 Å². The average Bonchev–Trinajstić information content (AvgIpc) is 1.25. The molecule has 0 rings (SSSR count). The molecule has 9 heteroatoms. The zero-order valence-electron chi connectivity index (χ0n) is 4.61. The van der Waals surface area contributed by atoms with E-state index in [1.165, 1.54) is 0 Å². The SMILES string of the molecule is O=S(=O)(Cl)C(F)(F)F.[Cl-].[Li+]. The van der Waals surface area contributed by atoms with Crippen LogP contribution < -0.4 is 31.3 Å². The molecule has 0 aliphatic heterocycles. The Morgan fingerprint density at radius 1 is 1.20 bits per heavy atom. The van der Waals surface area contributed by atoms with Crippen LogP contribution in [0.1, 0.15) is 0 Å². The first-order valence-corrected chi connectivity index (χ1v) is 3.57. The first-order chi connectivity index (χ1) is 3.25. The third-order valence-corrected chi connectivity index (χ3v) is 1.35. The van der Waals surface area contributed by atoms with E-state index in [4.69, 9.17) is 0 Å². The monoisotopic (exact) mass is 210 g/mol. The van der Waals surface area contributed by atoms with Crippen molar-refractivity contribution in [1.82, 2.24) is 0 Å². The zero-order chi connectivity index (χ0) is 7.00. The Bertz CT molecular complexity index is 173. The zero-order valence-corrected chi connectivity index (χ0v) is 6.94. The first kappa shape index (κ1) is 17.1. The number of rotatable bonds is 0. The van der Waals surface area contributed by atoms with Crippen molar-refractivity contribution in [2.75, 3.05) is 0 Å². The molecule has 0 spiro atoms. The summed E-state index contributed by atoms with van der Waals surface area (Å²) in [6, 6.07) is 0. The van der Waals surface area contributed by atoms with E-state index in [-0.39, 0.29) is 31.3 Å². The number of alkyl halides is 3. The Hall–Kier alpha value is 0.917. The van der Waals surface area contributed by atoms with E-state index in [2.05, 4.69) is 10.7 Å². The van der Waals surface area contributed by atoms with Gasteiger partial charge in [-0.2, -0.15) is 13.2 Å². The molecular weight excluding hydrogens is 211 g/mol. The predicted octanol–water partition coefficient (Wildman–Crippen LogP) is -4.92. The van der Waals surface area contributed by atoms with Crippen LogP contribution in [0, 0.1) is 0 Å². The molecular formula is CCl2F3LiO2S.